The Hall–Kier alpha value is -1.16. The van der Waals surface area contributed by atoms with Crippen LogP contribution in [0.5, 0.6) is 0 Å². The van der Waals surface area contributed by atoms with E-state index in [1.807, 2.05) is 25.1 Å². The van der Waals surface area contributed by atoms with Crippen molar-refractivity contribution < 1.29 is 0 Å². The summed E-state index contributed by atoms with van der Waals surface area (Å²) in [6, 6.07) is 5.36. The van der Waals surface area contributed by atoms with Crippen molar-refractivity contribution in [1.82, 2.24) is 4.98 Å². The Balaban J connectivity index is 2.24. The molecule has 3 nitrogen and oxygen atoms in total. The van der Waals surface area contributed by atoms with Gasteiger partial charge in [-0.25, -0.2) is 0 Å². The molecule has 0 aliphatic carbocycles. The van der Waals surface area contributed by atoms with E-state index in [2.05, 4.69) is 10.3 Å². The maximum absolute atomic E-state index is 6.18. The summed E-state index contributed by atoms with van der Waals surface area (Å²) in [6.45, 7) is 0.477. The molecule has 0 radical (unpaired) electrons. The molecule has 1 N–H and O–H groups in total. The van der Waals surface area contributed by atoms with Gasteiger partial charge in [0.1, 0.15) is 0 Å². The Bertz CT molecular complexity index is 615. The predicted octanol–water partition coefficient (Wildman–Crippen LogP) is 4.72. The highest BCUT2D eigenvalue weighted by Gasteiger charge is 2.11. The smallest absolute Gasteiger partial charge is 0.0766 e. The Kier molecular flexibility index (Phi) is 4.97. The molecular weight excluding hydrogens is 317 g/mol. The highest BCUT2D eigenvalue weighted by molar-refractivity contribution is 6.44. The molecule has 0 saturated heterocycles. The average Bonchev–Trinajstić information content (AvgIpc) is 2.43. The van der Waals surface area contributed by atoms with E-state index >= 15 is 0 Å². The van der Waals surface area contributed by atoms with Gasteiger partial charge in [0, 0.05) is 37.4 Å². The van der Waals surface area contributed by atoms with Crippen molar-refractivity contribution in [3.05, 3.63) is 51.2 Å². The molecule has 0 amide bonds. The van der Waals surface area contributed by atoms with E-state index in [-0.39, 0.29) is 0 Å². The minimum Gasteiger partial charge on any atom is -0.378 e. The summed E-state index contributed by atoms with van der Waals surface area (Å²) < 4.78 is 0. The van der Waals surface area contributed by atoms with Gasteiger partial charge >= 0.3 is 0 Å². The van der Waals surface area contributed by atoms with Crippen LogP contribution < -0.4 is 10.2 Å². The first kappa shape index (κ1) is 15.2. The second-order valence-electron chi connectivity index (χ2n) is 4.46. The molecule has 0 unspecified atom stereocenters. The van der Waals surface area contributed by atoms with E-state index in [1.165, 1.54) is 0 Å². The Morgan fingerprint density at radius 1 is 1.10 bits per heavy atom. The average molecular weight is 331 g/mol. The standard InChI is InChI=1S/C14H14Cl3N3/c1-20(2)13-5-6-18-8-12(13)19-7-9-10(15)3-4-11(16)14(9)17/h3-6,8,19H,7H2,1-2H3. The highest BCUT2D eigenvalue weighted by Crippen LogP contribution is 2.32. The number of rotatable bonds is 4. The van der Waals surface area contributed by atoms with Gasteiger partial charge in [0.2, 0.25) is 0 Å². The number of benzene rings is 1. The summed E-state index contributed by atoms with van der Waals surface area (Å²) in [5, 5.41) is 4.84. The van der Waals surface area contributed by atoms with Gasteiger partial charge in [-0.3, -0.25) is 4.98 Å². The quantitative estimate of drug-likeness (QED) is 0.822. The number of hydrogen-bond donors (Lipinski definition) is 1. The molecule has 20 heavy (non-hydrogen) atoms. The van der Waals surface area contributed by atoms with E-state index in [9.17, 15) is 0 Å². The number of nitrogens with zero attached hydrogens (tertiary/aromatic N) is 2. The normalized spacial score (nSPS) is 10.4. The molecule has 2 rings (SSSR count). The van der Waals surface area contributed by atoms with Crippen LogP contribution in [0.3, 0.4) is 0 Å². The second kappa shape index (κ2) is 6.53. The lowest BCUT2D eigenvalue weighted by Crippen LogP contribution is -2.12. The number of pyridine rings is 1. The SMILES string of the molecule is CN(C)c1ccncc1NCc1c(Cl)ccc(Cl)c1Cl. The van der Waals surface area contributed by atoms with E-state index in [0.29, 0.717) is 21.6 Å². The zero-order valence-electron chi connectivity index (χ0n) is 11.1. The largest absolute Gasteiger partial charge is 0.378 e. The fourth-order valence-electron chi connectivity index (χ4n) is 1.83. The molecule has 1 aromatic heterocycles. The van der Waals surface area contributed by atoms with Crippen molar-refractivity contribution in [2.45, 2.75) is 6.54 Å². The van der Waals surface area contributed by atoms with E-state index < -0.39 is 0 Å². The van der Waals surface area contributed by atoms with E-state index in [4.69, 9.17) is 34.8 Å². The number of aromatic nitrogens is 1. The molecule has 0 aliphatic heterocycles. The predicted molar refractivity (Wildman–Crippen MR) is 87.4 cm³/mol. The van der Waals surface area contributed by atoms with Gasteiger partial charge in [-0.05, 0) is 18.2 Å². The van der Waals surface area contributed by atoms with Gasteiger partial charge in [0.05, 0.1) is 27.6 Å². The van der Waals surface area contributed by atoms with Gasteiger partial charge in [-0.1, -0.05) is 34.8 Å². The van der Waals surface area contributed by atoms with E-state index in [1.54, 1.807) is 24.5 Å². The zero-order chi connectivity index (χ0) is 14.7. The number of nitrogens with one attached hydrogen (secondary N) is 1. The lowest BCUT2D eigenvalue weighted by molar-refractivity contribution is 1.09. The highest BCUT2D eigenvalue weighted by atomic mass is 35.5. The summed E-state index contributed by atoms with van der Waals surface area (Å²) in [5.41, 5.74) is 2.72. The van der Waals surface area contributed by atoms with Crippen LogP contribution in [0.25, 0.3) is 0 Å². The molecule has 0 bridgehead atoms. The number of hydrogen-bond acceptors (Lipinski definition) is 3. The summed E-state index contributed by atoms with van der Waals surface area (Å²) in [4.78, 5) is 6.13. The molecule has 0 atom stereocenters. The topological polar surface area (TPSA) is 28.2 Å². The summed E-state index contributed by atoms with van der Waals surface area (Å²) >= 11 is 18.4. The van der Waals surface area contributed by atoms with Crippen LogP contribution in [-0.2, 0) is 6.54 Å². The maximum Gasteiger partial charge on any atom is 0.0766 e. The fourth-order valence-corrected chi connectivity index (χ4v) is 2.51. The second-order valence-corrected chi connectivity index (χ2v) is 5.65. The maximum atomic E-state index is 6.18. The first-order chi connectivity index (χ1) is 9.50. The minimum atomic E-state index is 0.474. The molecule has 2 aromatic rings. The van der Waals surface area contributed by atoms with Gasteiger partial charge < -0.3 is 10.2 Å². The van der Waals surface area contributed by atoms with Crippen molar-refractivity contribution in [1.29, 1.82) is 0 Å². The van der Waals surface area contributed by atoms with E-state index in [0.717, 1.165) is 16.9 Å². The Labute approximate surface area is 133 Å². The third-order valence-electron chi connectivity index (χ3n) is 2.87. The van der Waals surface area contributed by atoms with Gasteiger partial charge in [-0.15, -0.1) is 0 Å². The molecule has 0 fully saturated rings. The molecule has 1 heterocycles. The van der Waals surface area contributed by atoms with Crippen molar-refractivity contribution in [2.24, 2.45) is 0 Å². The number of anilines is 2. The third-order valence-corrected chi connectivity index (χ3v) is 4.07. The van der Waals surface area contributed by atoms with Crippen LogP contribution in [0, 0.1) is 0 Å². The third kappa shape index (κ3) is 3.29. The molecule has 0 spiro atoms. The fraction of sp³-hybridized carbons (Fsp3) is 0.214. The Morgan fingerprint density at radius 3 is 2.50 bits per heavy atom. The van der Waals surface area contributed by atoms with Crippen LogP contribution in [0.1, 0.15) is 5.56 Å². The van der Waals surface area contributed by atoms with Crippen molar-refractivity contribution in [3.8, 4) is 0 Å². The molecule has 0 aliphatic rings. The van der Waals surface area contributed by atoms with Gasteiger partial charge in [0.15, 0.2) is 0 Å². The first-order valence-corrected chi connectivity index (χ1v) is 7.11. The van der Waals surface area contributed by atoms with Crippen molar-refractivity contribution in [2.75, 3.05) is 24.3 Å². The molecule has 0 saturated carbocycles. The lowest BCUT2D eigenvalue weighted by Gasteiger charge is -2.18. The lowest BCUT2D eigenvalue weighted by atomic mass is 10.2. The van der Waals surface area contributed by atoms with Crippen LogP contribution in [0.15, 0.2) is 30.6 Å². The monoisotopic (exact) mass is 329 g/mol. The van der Waals surface area contributed by atoms with Gasteiger partial charge in [0.25, 0.3) is 0 Å². The van der Waals surface area contributed by atoms with Crippen molar-refractivity contribution >= 4 is 46.2 Å². The summed E-state index contributed by atoms with van der Waals surface area (Å²) in [7, 11) is 3.94. The molecule has 106 valence electrons. The van der Waals surface area contributed by atoms with Crippen LogP contribution in [0.4, 0.5) is 11.4 Å². The van der Waals surface area contributed by atoms with Crippen LogP contribution in [-0.4, -0.2) is 19.1 Å². The minimum absolute atomic E-state index is 0.474. The molecular formula is C14H14Cl3N3. The first-order valence-electron chi connectivity index (χ1n) is 5.98. The zero-order valence-corrected chi connectivity index (χ0v) is 13.4. The van der Waals surface area contributed by atoms with Crippen molar-refractivity contribution in [3.63, 3.8) is 0 Å². The Morgan fingerprint density at radius 2 is 1.80 bits per heavy atom. The molecule has 1 aromatic carbocycles. The summed E-state index contributed by atoms with van der Waals surface area (Å²) in [6.07, 6.45) is 3.52. The van der Waals surface area contributed by atoms with Crippen LogP contribution >= 0.6 is 34.8 Å². The van der Waals surface area contributed by atoms with Gasteiger partial charge in [-0.2, -0.15) is 0 Å². The molecule has 6 heteroatoms. The van der Waals surface area contributed by atoms with Crippen LogP contribution in [0.2, 0.25) is 15.1 Å². The number of halogens is 3. The summed E-state index contributed by atoms with van der Waals surface area (Å²) in [5.74, 6) is 0.